The Bertz CT molecular complexity index is 1280. The van der Waals surface area contributed by atoms with Crippen LogP contribution < -0.4 is 11.2 Å². The van der Waals surface area contributed by atoms with E-state index in [-0.39, 0.29) is 23.0 Å². The Morgan fingerprint density at radius 2 is 2.03 bits per heavy atom. The standard InChI is InChI=1S/C21H25ClN6O4/c1-2-3-11-27-17-16(24-20(22)25-17)19(30)28(21(27)31)12-5-4-6-15-23-18(32-26-15)13-7-9-14(29)10-8-13/h7-9,14,29H,2-6,10-12H2,1H3,(H,24,25). The molecule has 0 spiro atoms. The molecule has 3 aromatic heterocycles. The van der Waals surface area contributed by atoms with Crippen molar-refractivity contribution in [3.63, 3.8) is 0 Å². The van der Waals surface area contributed by atoms with Crippen LogP contribution >= 0.6 is 11.6 Å². The second-order valence-electron chi connectivity index (χ2n) is 7.77. The molecule has 10 nitrogen and oxygen atoms in total. The van der Waals surface area contributed by atoms with Crippen LogP contribution in [0.15, 0.2) is 32.3 Å². The maximum absolute atomic E-state index is 12.9. The van der Waals surface area contributed by atoms with Crippen LogP contribution in [0.25, 0.3) is 16.7 Å². The zero-order valence-corrected chi connectivity index (χ0v) is 18.5. The minimum Gasteiger partial charge on any atom is -0.389 e. The van der Waals surface area contributed by atoms with Crippen LogP contribution in [0.1, 0.15) is 50.7 Å². The van der Waals surface area contributed by atoms with E-state index < -0.39 is 11.7 Å². The summed E-state index contributed by atoms with van der Waals surface area (Å²) >= 11 is 5.95. The summed E-state index contributed by atoms with van der Waals surface area (Å²) in [5, 5.41) is 13.6. The lowest BCUT2D eigenvalue weighted by Gasteiger charge is -2.10. The molecule has 3 aromatic rings. The number of aromatic amines is 1. The first-order valence-corrected chi connectivity index (χ1v) is 11.1. The highest BCUT2D eigenvalue weighted by Crippen LogP contribution is 2.20. The van der Waals surface area contributed by atoms with Crippen LogP contribution in [-0.4, -0.2) is 40.5 Å². The molecular weight excluding hydrogens is 436 g/mol. The molecule has 1 aliphatic rings. The number of fused-ring (bicyclic) bond motifs is 1. The third-order valence-electron chi connectivity index (χ3n) is 5.39. The van der Waals surface area contributed by atoms with Crippen LogP contribution in [0.2, 0.25) is 5.28 Å². The van der Waals surface area contributed by atoms with Gasteiger partial charge in [0.05, 0.1) is 6.10 Å². The van der Waals surface area contributed by atoms with Gasteiger partial charge in [-0.1, -0.05) is 36.7 Å². The van der Waals surface area contributed by atoms with Gasteiger partial charge in [0.1, 0.15) is 0 Å². The molecule has 0 amide bonds. The number of hydrogen-bond acceptors (Lipinski definition) is 7. The van der Waals surface area contributed by atoms with Crippen molar-refractivity contribution in [1.29, 1.82) is 0 Å². The normalized spacial score (nSPS) is 16.1. The predicted molar refractivity (Wildman–Crippen MR) is 120 cm³/mol. The van der Waals surface area contributed by atoms with Crippen LogP contribution in [-0.2, 0) is 19.5 Å². The predicted octanol–water partition coefficient (Wildman–Crippen LogP) is 2.45. The molecule has 0 fully saturated rings. The summed E-state index contributed by atoms with van der Waals surface area (Å²) in [5.74, 6) is 0.976. The largest absolute Gasteiger partial charge is 0.389 e. The molecule has 3 heterocycles. The number of aryl methyl sites for hydroxylation is 2. The van der Waals surface area contributed by atoms with E-state index in [1.54, 1.807) is 12.2 Å². The maximum atomic E-state index is 12.9. The Balaban J connectivity index is 1.43. The van der Waals surface area contributed by atoms with Crippen LogP contribution in [0.3, 0.4) is 0 Å². The van der Waals surface area contributed by atoms with E-state index in [0.717, 1.165) is 18.4 Å². The Hall–Kier alpha value is -2.98. The molecule has 1 aliphatic carbocycles. The molecule has 0 saturated heterocycles. The van der Waals surface area contributed by atoms with Crippen molar-refractivity contribution in [1.82, 2.24) is 29.2 Å². The van der Waals surface area contributed by atoms with Crippen LogP contribution in [0.4, 0.5) is 0 Å². The number of aliphatic hydroxyl groups excluding tert-OH is 1. The molecule has 2 N–H and O–H groups in total. The molecule has 1 atom stereocenters. The molecule has 170 valence electrons. The minimum absolute atomic E-state index is 0.0878. The highest BCUT2D eigenvalue weighted by Gasteiger charge is 2.17. The Labute approximate surface area is 188 Å². The summed E-state index contributed by atoms with van der Waals surface area (Å²) in [7, 11) is 0. The number of nitrogens with zero attached hydrogens (tertiary/aromatic N) is 5. The van der Waals surface area contributed by atoms with Gasteiger partial charge in [-0.3, -0.25) is 13.9 Å². The third-order valence-corrected chi connectivity index (χ3v) is 5.57. The van der Waals surface area contributed by atoms with E-state index >= 15 is 0 Å². The van der Waals surface area contributed by atoms with Gasteiger partial charge < -0.3 is 14.6 Å². The Morgan fingerprint density at radius 3 is 2.78 bits per heavy atom. The van der Waals surface area contributed by atoms with Crippen molar-refractivity contribution in [2.75, 3.05) is 0 Å². The van der Waals surface area contributed by atoms with E-state index in [1.165, 1.54) is 9.13 Å². The lowest BCUT2D eigenvalue weighted by atomic mass is 10.1. The fourth-order valence-electron chi connectivity index (χ4n) is 3.65. The molecule has 11 heteroatoms. The fraction of sp³-hybridized carbons (Fsp3) is 0.476. The van der Waals surface area contributed by atoms with Gasteiger partial charge in [-0.2, -0.15) is 9.97 Å². The van der Waals surface area contributed by atoms with Crippen molar-refractivity contribution >= 4 is 28.3 Å². The van der Waals surface area contributed by atoms with Crippen LogP contribution in [0.5, 0.6) is 0 Å². The third kappa shape index (κ3) is 4.61. The zero-order valence-electron chi connectivity index (χ0n) is 17.8. The Kier molecular flexibility index (Phi) is 6.71. The number of halogens is 1. The summed E-state index contributed by atoms with van der Waals surface area (Å²) in [4.78, 5) is 37.0. The van der Waals surface area contributed by atoms with E-state index in [4.69, 9.17) is 16.1 Å². The average Bonchev–Trinajstić information content (AvgIpc) is 3.40. The first kappa shape index (κ1) is 22.2. The summed E-state index contributed by atoms with van der Waals surface area (Å²) in [6.07, 6.45) is 8.87. The van der Waals surface area contributed by atoms with Crippen molar-refractivity contribution in [3.8, 4) is 0 Å². The SMILES string of the molecule is CCCCn1c(=O)n(CCCCc2noc(C3=CCC(O)C=C3)n2)c(=O)c2[nH]c(Cl)nc21. The minimum atomic E-state index is -0.479. The van der Waals surface area contributed by atoms with Gasteiger partial charge in [0.15, 0.2) is 17.0 Å². The van der Waals surface area contributed by atoms with Gasteiger partial charge >= 0.3 is 5.69 Å². The van der Waals surface area contributed by atoms with Crippen molar-refractivity contribution in [2.24, 2.45) is 0 Å². The van der Waals surface area contributed by atoms with E-state index in [2.05, 4.69) is 20.1 Å². The summed E-state index contributed by atoms with van der Waals surface area (Å²) in [6, 6.07) is 0. The highest BCUT2D eigenvalue weighted by molar-refractivity contribution is 6.28. The highest BCUT2D eigenvalue weighted by atomic mass is 35.5. The monoisotopic (exact) mass is 460 g/mol. The van der Waals surface area contributed by atoms with Crippen LogP contribution in [0, 0.1) is 0 Å². The van der Waals surface area contributed by atoms with Crippen molar-refractivity contribution < 1.29 is 9.63 Å². The number of hydrogen-bond donors (Lipinski definition) is 2. The molecule has 1 unspecified atom stereocenters. The van der Waals surface area contributed by atoms with E-state index in [0.29, 0.717) is 49.6 Å². The fourth-order valence-corrected chi connectivity index (χ4v) is 3.82. The molecule has 0 saturated carbocycles. The smallest absolute Gasteiger partial charge is 0.332 e. The van der Waals surface area contributed by atoms with Gasteiger partial charge in [0.25, 0.3) is 11.4 Å². The molecule has 32 heavy (non-hydrogen) atoms. The second-order valence-corrected chi connectivity index (χ2v) is 8.12. The van der Waals surface area contributed by atoms with Gasteiger partial charge in [-0.15, -0.1) is 0 Å². The van der Waals surface area contributed by atoms with Gasteiger partial charge in [0, 0.05) is 25.1 Å². The number of aromatic nitrogens is 6. The first-order valence-electron chi connectivity index (χ1n) is 10.8. The molecule has 4 rings (SSSR count). The number of rotatable bonds is 9. The van der Waals surface area contributed by atoms with Gasteiger partial charge in [-0.05, 0) is 37.3 Å². The number of aliphatic hydroxyl groups is 1. The maximum Gasteiger partial charge on any atom is 0.332 e. The molecule has 0 aromatic carbocycles. The molecule has 0 aliphatic heterocycles. The lowest BCUT2D eigenvalue weighted by molar-refractivity contribution is 0.226. The van der Waals surface area contributed by atoms with Crippen molar-refractivity contribution in [3.05, 3.63) is 56.1 Å². The second kappa shape index (κ2) is 9.66. The zero-order chi connectivity index (χ0) is 22.7. The topological polar surface area (TPSA) is 132 Å². The number of H-pyrrole nitrogens is 1. The summed E-state index contributed by atoms with van der Waals surface area (Å²) in [6.45, 7) is 2.77. The number of nitrogens with one attached hydrogen (secondary N) is 1. The molecule has 0 bridgehead atoms. The lowest BCUT2D eigenvalue weighted by Crippen LogP contribution is -2.40. The summed E-state index contributed by atoms with van der Waals surface area (Å²) < 4.78 is 8.05. The quantitative estimate of drug-likeness (QED) is 0.370. The number of allylic oxidation sites excluding steroid dienone is 2. The molecular formula is C21H25ClN6O4. The first-order chi connectivity index (χ1) is 15.5. The number of unbranched alkanes of at least 4 members (excludes halogenated alkanes) is 2. The van der Waals surface area contributed by atoms with Gasteiger partial charge in [0.2, 0.25) is 5.28 Å². The average molecular weight is 461 g/mol. The summed E-state index contributed by atoms with van der Waals surface area (Å²) in [5.41, 5.74) is 0.538. The molecule has 0 radical (unpaired) electrons. The van der Waals surface area contributed by atoms with Crippen molar-refractivity contribution in [2.45, 2.75) is 64.6 Å². The number of imidazole rings is 1. The Morgan fingerprint density at radius 1 is 1.22 bits per heavy atom. The van der Waals surface area contributed by atoms with Gasteiger partial charge in [-0.25, -0.2) is 4.79 Å². The van der Waals surface area contributed by atoms with E-state index in [1.807, 2.05) is 13.0 Å². The van der Waals surface area contributed by atoms with E-state index in [9.17, 15) is 14.7 Å².